The van der Waals surface area contributed by atoms with Gasteiger partial charge in [-0.3, -0.25) is 4.79 Å². The molecule has 0 saturated carbocycles. The number of hydrogen-bond acceptors (Lipinski definition) is 2. The lowest BCUT2D eigenvalue weighted by Crippen LogP contribution is -2.21. The van der Waals surface area contributed by atoms with Crippen LogP contribution in [0.25, 0.3) is 0 Å². The number of unbranched alkanes of at least 4 members (excludes halogenated alkanes) is 1. The maximum atomic E-state index is 12.1. The lowest BCUT2D eigenvalue weighted by atomic mass is 9.87. The molecule has 0 fully saturated rings. The van der Waals surface area contributed by atoms with E-state index in [2.05, 4.69) is 45.9 Å². The van der Waals surface area contributed by atoms with Gasteiger partial charge in [0.2, 0.25) is 0 Å². The molecule has 0 aliphatic heterocycles. The van der Waals surface area contributed by atoms with Crippen molar-refractivity contribution in [3.8, 4) is 0 Å². The Morgan fingerprint density at radius 3 is 2.75 bits per heavy atom. The van der Waals surface area contributed by atoms with Crippen LogP contribution in [0.1, 0.15) is 85.5 Å². The Hall–Kier alpha value is -1.31. The highest BCUT2D eigenvalue weighted by molar-refractivity contribution is 5.73. The molecule has 1 aliphatic rings. The van der Waals surface area contributed by atoms with Gasteiger partial charge < -0.3 is 4.74 Å². The predicted molar refractivity (Wildman–Crippen MR) is 103 cm³/mol. The SMILES string of the molecule is CCCCOC(=O)C1CCC=C(CC/C=C(\C)CCC=C(C)C)C1. The van der Waals surface area contributed by atoms with E-state index >= 15 is 0 Å². The van der Waals surface area contributed by atoms with Crippen molar-refractivity contribution in [2.75, 3.05) is 6.61 Å². The standard InChI is InChI=1S/C22H36O2/c1-5-6-16-24-22(23)21-15-9-14-20(17-21)13-8-12-19(4)11-7-10-18(2)3/h10,12,14,21H,5-9,11,13,15-17H2,1-4H3/b19-12+. The van der Waals surface area contributed by atoms with E-state index in [4.69, 9.17) is 4.74 Å². The molecule has 0 aromatic carbocycles. The summed E-state index contributed by atoms with van der Waals surface area (Å²) in [5.74, 6) is 0.104. The van der Waals surface area contributed by atoms with Crippen LogP contribution in [0.2, 0.25) is 0 Å². The van der Waals surface area contributed by atoms with Gasteiger partial charge >= 0.3 is 5.97 Å². The molecule has 1 aliphatic carbocycles. The first-order valence-electron chi connectivity index (χ1n) is 9.66. The molecule has 136 valence electrons. The van der Waals surface area contributed by atoms with Crippen molar-refractivity contribution >= 4 is 5.97 Å². The van der Waals surface area contributed by atoms with Gasteiger partial charge in [-0.2, -0.15) is 0 Å². The summed E-state index contributed by atoms with van der Waals surface area (Å²) in [5, 5.41) is 0. The first kappa shape index (κ1) is 20.7. The summed E-state index contributed by atoms with van der Waals surface area (Å²) in [6, 6.07) is 0. The summed E-state index contributed by atoms with van der Waals surface area (Å²) in [6.45, 7) is 9.22. The Morgan fingerprint density at radius 2 is 2.04 bits per heavy atom. The summed E-state index contributed by atoms with van der Waals surface area (Å²) in [4.78, 5) is 12.1. The van der Waals surface area contributed by atoms with E-state index in [1.807, 2.05) is 0 Å². The first-order chi connectivity index (χ1) is 11.5. The van der Waals surface area contributed by atoms with Crippen LogP contribution in [0, 0.1) is 5.92 Å². The number of carbonyl (C=O) groups is 1. The maximum Gasteiger partial charge on any atom is 0.309 e. The molecule has 2 heteroatoms. The van der Waals surface area contributed by atoms with E-state index in [9.17, 15) is 4.79 Å². The van der Waals surface area contributed by atoms with E-state index in [0.29, 0.717) is 6.61 Å². The largest absolute Gasteiger partial charge is 0.465 e. The van der Waals surface area contributed by atoms with Crippen molar-refractivity contribution in [2.24, 2.45) is 5.92 Å². The van der Waals surface area contributed by atoms with Crippen molar-refractivity contribution in [1.82, 2.24) is 0 Å². The Kier molecular flexibility index (Phi) is 10.5. The Bertz CT molecular complexity index is 464. The first-order valence-corrected chi connectivity index (χ1v) is 9.66. The molecule has 0 aromatic heterocycles. The summed E-state index contributed by atoms with van der Waals surface area (Å²) in [5.41, 5.74) is 4.30. The molecule has 1 atom stereocenters. The predicted octanol–water partition coefficient (Wildman–Crippen LogP) is 6.53. The second kappa shape index (κ2) is 12.1. The molecular formula is C22H36O2. The molecule has 0 spiro atoms. The van der Waals surface area contributed by atoms with Crippen molar-refractivity contribution in [3.05, 3.63) is 34.9 Å². The zero-order chi connectivity index (χ0) is 17.8. The van der Waals surface area contributed by atoms with Crippen LogP contribution in [-0.2, 0) is 9.53 Å². The minimum atomic E-state index is 0.0162. The van der Waals surface area contributed by atoms with E-state index in [-0.39, 0.29) is 11.9 Å². The normalized spacial score (nSPS) is 18.1. The number of allylic oxidation sites excluding steroid dienone is 6. The van der Waals surface area contributed by atoms with Crippen LogP contribution in [0.5, 0.6) is 0 Å². The third-order valence-electron chi connectivity index (χ3n) is 4.58. The van der Waals surface area contributed by atoms with Crippen molar-refractivity contribution < 1.29 is 9.53 Å². The summed E-state index contributed by atoms with van der Waals surface area (Å²) >= 11 is 0. The molecule has 0 aromatic rings. The minimum absolute atomic E-state index is 0.0162. The lowest BCUT2D eigenvalue weighted by Gasteiger charge is -2.21. The Morgan fingerprint density at radius 1 is 1.25 bits per heavy atom. The fourth-order valence-corrected chi connectivity index (χ4v) is 3.03. The average Bonchev–Trinajstić information content (AvgIpc) is 2.55. The monoisotopic (exact) mass is 332 g/mol. The van der Waals surface area contributed by atoms with E-state index in [1.54, 1.807) is 0 Å². The quantitative estimate of drug-likeness (QED) is 0.258. The highest BCUT2D eigenvalue weighted by Gasteiger charge is 2.23. The average molecular weight is 333 g/mol. The molecular weight excluding hydrogens is 296 g/mol. The molecule has 24 heavy (non-hydrogen) atoms. The number of carbonyl (C=O) groups excluding carboxylic acids is 1. The van der Waals surface area contributed by atoms with Crippen LogP contribution in [0.15, 0.2) is 34.9 Å². The van der Waals surface area contributed by atoms with Gasteiger partial charge in [0.05, 0.1) is 12.5 Å². The zero-order valence-electron chi connectivity index (χ0n) is 16.2. The van der Waals surface area contributed by atoms with Gasteiger partial charge in [-0.05, 0) is 72.1 Å². The number of esters is 1. The Labute approximate surface area is 149 Å². The summed E-state index contributed by atoms with van der Waals surface area (Å²) in [6.07, 6.45) is 16.4. The fourth-order valence-electron chi connectivity index (χ4n) is 3.03. The summed E-state index contributed by atoms with van der Waals surface area (Å²) < 4.78 is 5.39. The van der Waals surface area contributed by atoms with Crippen LogP contribution >= 0.6 is 0 Å². The topological polar surface area (TPSA) is 26.3 Å². The highest BCUT2D eigenvalue weighted by atomic mass is 16.5. The lowest BCUT2D eigenvalue weighted by molar-refractivity contribution is -0.149. The summed E-state index contributed by atoms with van der Waals surface area (Å²) in [7, 11) is 0. The van der Waals surface area contributed by atoms with Crippen LogP contribution in [0.4, 0.5) is 0 Å². The molecule has 0 heterocycles. The van der Waals surface area contributed by atoms with Crippen LogP contribution in [-0.4, -0.2) is 12.6 Å². The number of rotatable bonds is 10. The van der Waals surface area contributed by atoms with Crippen molar-refractivity contribution in [2.45, 2.75) is 85.5 Å². The number of ether oxygens (including phenoxy) is 1. The van der Waals surface area contributed by atoms with E-state index in [0.717, 1.165) is 57.8 Å². The van der Waals surface area contributed by atoms with Crippen molar-refractivity contribution in [3.63, 3.8) is 0 Å². The molecule has 0 N–H and O–H groups in total. The molecule has 0 radical (unpaired) electrons. The van der Waals surface area contributed by atoms with Gasteiger partial charge in [-0.1, -0.05) is 48.3 Å². The second-order valence-electron chi connectivity index (χ2n) is 7.27. The number of hydrogen-bond donors (Lipinski definition) is 0. The smallest absolute Gasteiger partial charge is 0.309 e. The maximum absolute atomic E-state index is 12.1. The minimum Gasteiger partial charge on any atom is -0.465 e. The van der Waals surface area contributed by atoms with E-state index in [1.165, 1.54) is 16.7 Å². The van der Waals surface area contributed by atoms with Gasteiger partial charge in [0, 0.05) is 0 Å². The second-order valence-corrected chi connectivity index (χ2v) is 7.27. The molecule has 0 saturated heterocycles. The molecule has 2 nitrogen and oxygen atoms in total. The van der Waals surface area contributed by atoms with Crippen molar-refractivity contribution in [1.29, 1.82) is 0 Å². The zero-order valence-corrected chi connectivity index (χ0v) is 16.2. The highest BCUT2D eigenvalue weighted by Crippen LogP contribution is 2.28. The van der Waals surface area contributed by atoms with Gasteiger partial charge in [-0.15, -0.1) is 0 Å². The van der Waals surface area contributed by atoms with Gasteiger partial charge in [0.1, 0.15) is 0 Å². The molecule has 0 amide bonds. The van der Waals surface area contributed by atoms with E-state index < -0.39 is 0 Å². The van der Waals surface area contributed by atoms with Crippen LogP contribution < -0.4 is 0 Å². The Balaban J connectivity index is 2.31. The molecule has 0 bridgehead atoms. The van der Waals surface area contributed by atoms with Gasteiger partial charge in [0.25, 0.3) is 0 Å². The fraction of sp³-hybridized carbons (Fsp3) is 0.682. The molecule has 1 unspecified atom stereocenters. The van der Waals surface area contributed by atoms with Crippen LogP contribution in [0.3, 0.4) is 0 Å². The third-order valence-corrected chi connectivity index (χ3v) is 4.58. The van der Waals surface area contributed by atoms with Gasteiger partial charge in [-0.25, -0.2) is 0 Å². The van der Waals surface area contributed by atoms with Gasteiger partial charge in [0.15, 0.2) is 0 Å². The molecule has 1 rings (SSSR count). The third kappa shape index (κ3) is 9.10.